The van der Waals surface area contributed by atoms with Gasteiger partial charge in [-0.3, -0.25) is 4.79 Å². The molecule has 0 heterocycles. The molecular formula is C10H19NO2. The van der Waals surface area contributed by atoms with Gasteiger partial charge in [0.05, 0.1) is 0 Å². The molecule has 0 unspecified atom stereocenters. The second kappa shape index (κ2) is 5.35. The molecule has 2 N–H and O–H groups in total. The number of methoxy groups -OCH3 is 1. The number of rotatable bonds is 4. The zero-order valence-corrected chi connectivity index (χ0v) is 8.29. The Bertz CT molecular complexity index is 162. The minimum atomic E-state index is 0.239. The van der Waals surface area contributed by atoms with Crippen molar-refractivity contribution in [3.8, 4) is 0 Å². The van der Waals surface area contributed by atoms with E-state index in [2.05, 4.69) is 0 Å². The number of Topliss-reactive ketones (excluding diaryl/α,β-unsaturated/α-hetero) is 1. The first-order chi connectivity index (χ1) is 6.27. The fourth-order valence-corrected chi connectivity index (χ4v) is 1.98. The quantitative estimate of drug-likeness (QED) is 0.710. The maximum absolute atomic E-state index is 11.4. The lowest BCUT2D eigenvalue weighted by Crippen LogP contribution is -2.27. The fourth-order valence-electron chi connectivity index (χ4n) is 1.98. The van der Waals surface area contributed by atoms with E-state index in [4.69, 9.17) is 10.5 Å². The summed E-state index contributed by atoms with van der Waals surface area (Å²) in [6, 6.07) is 0. The second-order valence-electron chi connectivity index (χ2n) is 3.85. The summed E-state index contributed by atoms with van der Waals surface area (Å²) in [5.74, 6) is 1.15. The highest BCUT2D eigenvalue weighted by molar-refractivity contribution is 5.82. The maximum atomic E-state index is 11.4. The van der Waals surface area contributed by atoms with Gasteiger partial charge in [-0.05, 0) is 38.1 Å². The summed E-state index contributed by atoms with van der Waals surface area (Å²) in [5, 5.41) is 0. The first kappa shape index (κ1) is 10.7. The Hall–Kier alpha value is -0.410. The molecule has 1 aliphatic rings. The van der Waals surface area contributed by atoms with E-state index in [1.165, 1.54) is 0 Å². The van der Waals surface area contributed by atoms with Crippen molar-refractivity contribution in [2.45, 2.75) is 25.7 Å². The van der Waals surface area contributed by atoms with Crippen molar-refractivity contribution in [2.24, 2.45) is 17.6 Å². The van der Waals surface area contributed by atoms with E-state index < -0.39 is 0 Å². The molecule has 76 valence electrons. The van der Waals surface area contributed by atoms with E-state index in [0.29, 0.717) is 5.92 Å². The smallest absolute Gasteiger partial charge is 0.161 e. The molecule has 0 spiro atoms. The summed E-state index contributed by atoms with van der Waals surface area (Å²) < 4.78 is 4.84. The Morgan fingerprint density at radius 3 is 2.46 bits per heavy atom. The Morgan fingerprint density at radius 1 is 1.38 bits per heavy atom. The monoisotopic (exact) mass is 185 g/mol. The van der Waals surface area contributed by atoms with Crippen LogP contribution < -0.4 is 5.73 Å². The van der Waals surface area contributed by atoms with Gasteiger partial charge in [0.25, 0.3) is 0 Å². The third-order valence-electron chi connectivity index (χ3n) is 2.92. The third-order valence-corrected chi connectivity index (χ3v) is 2.92. The van der Waals surface area contributed by atoms with Crippen LogP contribution in [0.2, 0.25) is 0 Å². The largest absolute Gasteiger partial charge is 0.377 e. The maximum Gasteiger partial charge on any atom is 0.161 e. The number of ether oxygens (including phenoxy) is 1. The van der Waals surface area contributed by atoms with Gasteiger partial charge in [0.1, 0.15) is 6.61 Å². The molecule has 0 aliphatic heterocycles. The molecule has 3 nitrogen and oxygen atoms in total. The van der Waals surface area contributed by atoms with Crippen LogP contribution in [0.3, 0.4) is 0 Å². The van der Waals surface area contributed by atoms with Gasteiger partial charge in [-0.2, -0.15) is 0 Å². The van der Waals surface area contributed by atoms with E-state index in [-0.39, 0.29) is 18.3 Å². The summed E-state index contributed by atoms with van der Waals surface area (Å²) in [6.45, 7) is 1.04. The van der Waals surface area contributed by atoms with Crippen molar-refractivity contribution in [2.75, 3.05) is 20.3 Å². The Morgan fingerprint density at radius 2 is 2.00 bits per heavy atom. The molecule has 1 aliphatic carbocycles. The predicted octanol–water partition coefficient (Wildman–Crippen LogP) is 0.967. The van der Waals surface area contributed by atoms with Crippen LogP contribution in [-0.2, 0) is 9.53 Å². The fraction of sp³-hybridized carbons (Fsp3) is 0.900. The topological polar surface area (TPSA) is 52.3 Å². The van der Waals surface area contributed by atoms with Gasteiger partial charge >= 0.3 is 0 Å². The number of nitrogens with two attached hydrogens (primary N) is 1. The minimum Gasteiger partial charge on any atom is -0.377 e. The first-order valence-electron chi connectivity index (χ1n) is 4.99. The Labute approximate surface area is 79.6 Å². The molecule has 0 bridgehead atoms. The van der Waals surface area contributed by atoms with E-state index >= 15 is 0 Å². The average molecular weight is 185 g/mol. The number of carbonyl (C=O) groups excluding carboxylic acids is 1. The molecular weight excluding hydrogens is 166 g/mol. The van der Waals surface area contributed by atoms with Crippen molar-refractivity contribution in [3.63, 3.8) is 0 Å². The van der Waals surface area contributed by atoms with Crippen LogP contribution in [0.1, 0.15) is 25.7 Å². The van der Waals surface area contributed by atoms with Gasteiger partial charge in [-0.1, -0.05) is 0 Å². The SMILES string of the molecule is COCC(=O)C1CCC(CN)CC1. The molecule has 0 radical (unpaired) electrons. The van der Waals surface area contributed by atoms with Crippen LogP contribution in [0.4, 0.5) is 0 Å². The van der Waals surface area contributed by atoms with Gasteiger partial charge in [-0.15, -0.1) is 0 Å². The Balaban J connectivity index is 2.28. The van der Waals surface area contributed by atoms with Crippen LogP contribution >= 0.6 is 0 Å². The molecule has 1 saturated carbocycles. The molecule has 0 aromatic heterocycles. The summed E-state index contributed by atoms with van der Waals surface area (Å²) >= 11 is 0. The second-order valence-corrected chi connectivity index (χ2v) is 3.85. The van der Waals surface area contributed by atoms with E-state index in [1.54, 1.807) is 7.11 Å². The molecule has 1 fully saturated rings. The zero-order chi connectivity index (χ0) is 9.68. The van der Waals surface area contributed by atoms with Crippen LogP contribution in [0.25, 0.3) is 0 Å². The van der Waals surface area contributed by atoms with Gasteiger partial charge in [-0.25, -0.2) is 0 Å². The lowest BCUT2D eigenvalue weighted by Gasteiger charge is -2.26. The van der Waals surface area contributed by atoms with Gasteiger partial charge in [0.15, 0.2) is 5.78 Å². The van der Waals surface area contributed by atoms with Gasteiger partial charge in [0.2, 0.25) is 0 Å². The van der Waals surface area contributed by atoms with Crippen molar-refractivity contribution >= 4 is 5.78 Å². The summed E-state index contributed by atoms with van der Waals surface area (Å²) in [7, 11) is 1.57. The minimum absolute atomic E-state index is 0.239. The van der Waals surface area contributed by atoms with Crippen LogP contribution in [-0.4, -0.2) is 26.0 Å². The predicted molar refractivity (Wildman–Crippen MR) is 51.4 cm³/mol. The van der Waals surface area contributed by atoms with Crippen LogP contribution in [0.15, 0.2) is 0 Å². The van der Waals surface area contributed by atoms with Crippen molar-refractivity contribution in [1.82, 2.24) is 0 Å². The standard InChI is InChI=1S/C10H19NO2/c1-13-7-10(12)9-4-2-8(6-11)3-5-9/h8-9H,2-7,11H2,1H3. The lowest BCUT2D eigenvalue weighted by atomic mass is 9.80. The molecule has 0 aromatic rings. The third kappa shape index (κ3) is 3.08. The van der Waals surface area contributed by atoms with Gasteiger partial charge in [0, 0.05) is 13.0 Å². The molecule has 13 heavy (non-hydrogen) atoms. The van der Waals surface area contributed by atoms with Crippen molar-refractivity contribution < 1.29 is 9.53 Å². The highest BCUT2D eigenvalue weighted by Crippen LogP contribution is 2.28. The normalized spacial score (nSPS) is 28.8. The van der Waals surface area contributed by atoms with E-state index in [1.807, 2.05) is 0 Å². The van der Waals surface area contributed by atoms with Crippen molar-refractivity contribution in [1.29, 1.82) is 0 Å². The first-order valence-corrected chi connectivity index (χ1v) is 4.99. The molecule has 0 atom stereocenters. The van der Waals surface area contributed by atoms with E-state index in [0.717, 1.165) is 32.2 Å². The zero-order valence-electron chi connectivity index (χ0n) is 8.29. The highest BCUT2D eigenvalue weighted by Gasteiger charge is 2.24. The van der Waals surface area contributed by atoms with E-state index in [9.17, 15) is 4.79 Å². The lowest BCUT2D eigenvalue weighted by molar-refractivity contribution is -0.127. The number of carbonyl (C=O) groups is 1. The van der Waals surface area contributed by atoms with Crippen LogP contribution in [0, 0.1) is 11.8 Å². The molecule has 3 heteroatoms. The van der Waals surface area contributed by atoms with Crippen molar-refractivity contribution in [3.05, 3.63) is 0 Å². The molecule has 1 rings (SSSR count). The number of ketones is 1. The number of hydrogen-bond donors (Lipinski definition) is 1. The summed E-state index contributed by atoms with van der Waals surface area (Å²) in [4.78, 5) is 11.4. The van der Waals surface area contributed by atoms with Gasteiger partial charge < -0.3 is 10.5 Å². The molecule has 0 saturated heterocycles. The molecule has 0 aromatic carbocycles. The molecule has 0 amide bonds. The average Bonchev–Trinajstić information content (AvgIpc) is 2.18. The Kier molecular flexibility index (Phi) is 4.39. The summed E-state index contributed by atoms with van der Waals surface area (Å²) in [5.41, 5.74) is 5.57. The summed E-state index contributed by atoms with van der Waals surface area (Å²) in [6.07, 6.45) is 4.22. The highest BCUT2D eigenvalue weighted by atomic mass is 16.5. The van der Waals surface area contributed by atoms with Crippen LogP contribution in [0.5, 0.6) is 0 Å². The number of hydrogen-bond acceptors (Lipinski definition) is 3.